The number of nitrogens with one attached hydrogen (secondary N) is 14. The van der Waals surface area contributed by atoms with Crippen molar-refractivity contribution in [3.05, 3.63) is 102 Å². The van der Waals surface area contributed by atoms with E-state index in [0.29, 0.717) is 77.0 Å². The summed E-state index contributed by atoms with van der Waals surface area (Å²) in [5, 5.41) is 71.3. The van der Waals surface area contributed by atoms with Crippen molar-refractivity contribution in [2.24, 2.45) is 23.1 Å². The van der Waals surface area contributed by atoms with Crippen molar-refractivity contribution in [3.8, 4) is 5.75 Å². The molecule has 2 aromatic heterocycles. The van der Waals surface area contributed by atoms with E-state index in [4.69, 9.17) is 22.6 Å². The van der Waals surface area contributed by atoms with Gasteiger partial charge in [-0.3, -0.25) is 82.1 Å². The highest BCUT2D eigenvalue weighted by Crippen LogP contribution is 2.28. The number of aliphatic hydroxyl groups excluding tert-OH is 2. The molecule has 0 saturated carbocycles. The van der Waals surface area contributed by atoms with Crippen molar-refractivity contribution in [1.82, 2.24) is 93.0 Å². The Hall–Kier alpha value is -12.4. The molecule has 0 aliphatic carbocycles. The van der Waals surface area contributed by atoms with Gasteiger partial charge in [-0.05, 0) is 125 Å². The number of aromatic nitrogens is 2. The molecule has 3 aliphatic rings. The van der Waals surface area contributed by atoms with Gasteiger partial charge in [-0.2, -0.15) is 0 Å². The highest BCUT2D eigenvalue weighted by Gasteiger charge is 2.46. The maximum Gasteiger partial charge on any atom is 0.245 e. The number of para-hydroxylation sites is 2. The minimum absolute atomic E-state index is 0.000603. The molecular formula is C90H132N22O19S. The number of fused-ring (bicyclic) bond motifs is 4. The van der Waals surface area contributed by atoms with Gasteiger partial charge in [0, 0.05) is 106 Å². The molecule has 722 valence electrons. The van der Waals surface area contributed by atoms with E-state index < -0.39 is 222 Å². The number of phenols is 1. The Morgan fingerprint density at radius 3 is 1.71 bits per heavy atom. The van der Waals surface area contributed by atoms with E-state index in [2.05, 4.69) is 68.5 Å². The number of carbonyl (C=O) groups excluding carboxylic acids is 16. The smallest absolute Gasteiger partial charge is 0.245 e. The topological polar surface area (TPSA) is 616 Å². The molecule has 3 saturated heterocycles. The SMILES string of the molecule is CCCCC[C@H]1C(=O)N(C)[C@@H](CCCC)C(=O)N[C@@H](CCCNC(=N)N)C(=O)N[C@H](C(=O)NCC(N)=O)CSCC(=O)N[C@@H](Cc2ccc(O)cc2)C(=O)N(C)[C@@H](C)C(=O)N[C@@H](CCCN)C(=O)N2CCC[C@H]2C(=O)N[C@@H](C)C(=O)N[C@@H](CC(C)C)C(=O)N2C[C@@H](O)C[C@H]2C(=O)N[C@@H](Cc2c[nH]c3ccccc23)C(=O)N[C@@H](CO)C(=O)N[C@@H](Cc2c[nH]c3ccccc23)C(=O)N1C. The second kappa shape index (κ2) is 50.8. The molecule has 0 unspecified atom stereocenters. The summed E-state index contributed by atoms with van der Waals surface area (Å²) < 4.78 is 0. The van der Waals surface area contributed by atoms with Gasteiger partial charge in [-0.1, -0.05) is 108 Å². The maximum absolute atomic E-state index is 15.8. The molecule has 16 amide bonds. The van der Waals surface area contributed by atoms with Crippen LogP contribution in [0.4, 0.5) is 0 Å². The number of guanidine groups is 1. The number of amides is 16. The van der Waals surface area contributed by atoms with E-state index >= 15 is 33.6 Å². The van der Waals surface area contributed by atoms with Gasteiger partial charge in [0.25, 0.3) is 0 Å². The van der Waals surface area contributed by atoms with Crippen molar-refractivity contribution in [1.29, 1.82) is 5.41 Å². The second-order valence-electron chi connectivity index (χ2n) is 34.5. The number of aliphatic hydroxyl groups is 2. The quantitative estimate of drug-likeness (QED) is 0.0168. The standard InChI is InChI=1S/C90H132N22O19S/c1-10-12-14-29-72-89(131)109(8)70(28-13-11-2)82(124)101-62(27-20-36-95-90(93)94)79(121)107-69(78(120)98-45-74(92)116)48-132-49-75(117)100-66(39-53-31-33-56(114)34-32-53)85(127)108(7)52(6)77(119)102-63(26-19-35-91)87(129)111-37-21-30-71(111)83(125)99-51(5)76(118)104-65(38-50(3)4)88(130)112-46-57(115)42-73(112)84(126)103-64(40-54-43-96-60-24-17-15-22-58(54)60)80(122)106-68(47-113)81(123)105-67(86(128)110(72)9)41-55-44-97-61-25-18-16-23-59(55)61/h15-18,22-25,31-34,43-44,50-52,57,62-73,96-97,113-115H,10-14,19-21,26-30,35-42,45-49,91H2,1-9H3,(H2,92,116)(H,98,120)(H,99,125)(H,100,117)(H,101,124)(H,102,119)(H,103,126)(H,104,118)(H,105,123)(H,106,122)(H,107,121)(H4,93,94,95)/t51-,52-,57-,62-,63-,64-,65-,66-,67-,68-,69-,70-,71-,72-,73-/m0/s1. The number of hydrogen-bond donors (Lipinski definition) is 20. The summed E-state index contributed by atoms with van der Waals surface area (Å²) in [6.07, 6.45) is 3.67. The number of hydrogen-bond acceptors (Lipinski definition) is 22. The zero-order chi connectivity index (χ0) is 96.7. The third kappa shape index (κ3) is 29.5. The third-order valence-corrected chi connectivity index (χ3v) is 25.0. The Morgan fingerprint density at radius 1 is 0.545 bits per heavy atom. The molecule has 23 N–H and O–H groups in total. The first-order valence-corrected chi connectivity index (χ1v) is 46.3. The molecule has 41 nitrogen and oxygen atoms in total. The van der Waals surface area contributed by atoms with Gasteiger partial charge in [-0.25, -0.2) is 0 Å². The summed E-state index contributed by atoms with van der Waals surface area (Å²) in [4.78, 5) is 248. The van der Waals surface area contributed by atoms with E-state index in [1.165, 1.54) is 69.1 Å². The number of likely N-dealkylation sites (N-methyl/N-ethyl adjacent to an activating group) is 3. The summed E-state index contributed by atoms with van der Waals surface area (Å²) in [6, 6.07) is -0.674. The van der Waals surface area contributed by atoms with Crippen LogP contribution >= 0.6 is 11.8 Å². The number of phenolic OH excluding ortho intramolecular Hbond substituents is 1. The van der Waals surface area contributed by atoms with Crippen LogP contribution in [0.25, 0.3) is 21.8 Å². The van der Waals surface area contributed by atoms with E-state index in [1.54, 1.807) is 74.8 Å². The van der Waals surface area contributed by atoms with Crippen molar-refractivity contribution in [2.75, 3.05) is 72.0 Å². The van der Waals surface area contributed by atoms with Crippen LogP contribution in [0.15, 0.2) is 85.2 Å². The number of aromatic amines is 2. The molecule has 3 aromatic carbocycles. The molecule has 0 spiro atoms. The molecule has 42 heteroatoms. The maximum atomic E-state index is 15.8. The number of aromatic hydroxyl groups is 1. The first-order chi connectivity index (χ1) is 62.9. The van der Waals surface area contributed by atoms with Crippen molar-refractivity contribution in [3.63, 3.8) is 0 Å². The summed E-state index contributed by atoms with van der Waals surface area (Å²) in [5.41, 5.74) is 19.8. The predicted molar refractivity (Wildman–Crippen MR) is 492 cm³/mol. The zero-order valence-corrected chi connectivity index (χ0v) is 77.3. The first-order valence-electron chi connectivity index (χ1n) is 45.1. The van der Waals surface area contributed by atoms with Gasteiger partial charge in [0.05, 0.1) is 25.0 Å². The first kappa shape index (κ1) is 105. The van der Waals surface area contributed by atoms with Crippen LogP contribution in [-0.2, 0) is 96.0 Å². The third-order valence-electron chi connectivity index (χ3n) is 24.0. The van der Waals surface area contributed by atoms with Crippen molar-refractivity contribution < 1.29 is 92.0 Å². The second-order valence-corrected chi connectivity index (χ2v) is 35.5. The molecular weight excluding hydrogens is 1730 g/mol. The van der Waals surface area contributed by atoms with Gasteiger partial charge in [0.2, 0.25) is 94.5 Å². The van der Waals surface area contributed by atoms with E-state index in [9.17, 15) is 58.5 Å². The highest BCUT2D eigenvalue weighted by atomic mass is 32.2. The molecule has 132 heavy (non-hydrogen) atoms. The Kier molecular flexibility index (Phi) is 40.4. The number of benzene rings is 3. The Balaban J connectivity index is 1.18. The number of primary amides is 1. The van der Waals surface area contributed by atoms with Gasteiger partial charge in [-0.15, -0.1) is 11.8 Å². The lowest BCUT2D eigenvalue weighted by molar-refractivity contribution is -0.149. The predicted octanol–water partition coefficient (Wildman–Crippen LogP) is -1.62. The zero-order valence-electron chi connectivity index (χ0n) is 76.5. The minimum atomic E-state index is -1.87. The summed E-state index contributed by atoms with van der Waals surface area (Å²) in [7, 11) is 4.02. The largest absolute Gasteiger partial charge is 0.508 e. The van der Waals surface area contributed by atoms with E-state index in [1.807, 2.05) is 13.8 Å². The molecule has 5 aromatic rings. The number of thioether (sulfide) groups is 1. The lowest BCUT2D eigenvalue weighted by atomic mass is 9.99. The van der Waals surface area contributed by atoms with Gasteiger partial charge in [0.15, 0.2) is 5.96 Å². The fourth-order valence-electron chi connectivity index (χ4n) is 16.5. The summed E-state index contributed by atoms with van der Waals surface area (Å²) in [5.74, 6) is -15.7. The average molecular weight is 1860 g/mol. The average Bonchev–Trinajstić information content (AvgIpc) is 1.62. The van der Waals surface area contributed by atoms with Gasteiger partial charge < -0.3 is 125 Å². The Bertz CT molecular complexity index is 4880. The van der Waals surface area contributed by atoms with Crippen molar-refractivity contribution >= 4 is 134 Å². The van der Waals surface area contributed by atoms with E-state index in [-0.39, 0.29) is 108 Å². The highest BCUT2D eigenvalue weighted by molar-refractivity contribution is 8.00. The fraction of sp³-hybridized carbons (Fsp3) is 0.567. The molecule has 3 aliphatic heterocycles. The number of nitrogens with two attached hydrogens (primary N) is 3. The lowest BCUT2D eigenvalue weighted by Crippen LogP contribution is -2.61. The molecule has 0 radical (unpaired) electrons. The molecule has 0 bridgehead atoms. The number of nitrogens with zero attached hydrogens (tertiary/aromatic N) is 5. The number of unbranched alkanes of at least 4 members (excludes halogenated alkanes) is 3. The van der Waals surface area contributed by atoms with Crippen LogP contribution in [0.2, 0.25) is 0 Å². The summed E-state index contributed by atoms with van der Waals surface area (Å²) in [6.45, 7) is 7.93. The normalized spacial score (nSPS) is 25.1. The van der Waals surface area contributed by atoms with Crippen LogP contribution in [-0.4, -0.2) is 313 Å². The molecule has 3 fully saturated rings. The molecule has 15 atom stereocenters. The Labute approximate surface area is 771 Å². The van der Waals surface area contributed by atoms with Crippen LogP contribution in [0.1, 0.15) is 155 Å². The molecule has 5 heterocycles. The minimum Gasteiger partial charge on any atom is -0.508 e. The van der Waals surface area contributed by atoms with Crippen LogP contribution in [0.5, 0.6) is 5.75 Å². The Morgan fingerprint density at radius 2 is 1.09 bits per heavy atom. The number of H-pyrrole nitrogens is 2. The van der Waals surface area contributed by atoms with Crippen molar-refractivity contribution in [2.45, 2.75) is 248 Å². The number of rotatable bonds is 26. The van der Waals surface area contributed by atoms with Crippen LogP contribution < -0.4 is 75.7 Å². The lowest BCUT2D eigenvalue weighted by Gasteiger charge is -2.36. The van der Waals surface area contributed by atoms with Crippen LogP contribution in [0.3, 0.4) is 0 Å². The van der Waals surface area contributed by atoms with Crippen LogP contribution in [0, 0.1) is 11.3 Å². The summed E-state index contributed by atoms with van der Waals surface area (Å²) >= 11 is 0.795. The number of carbonyl (C=O) groups is 16. The monoisotopic (exact) mass is 1860 g/mol. The fourth-order valence-corrected chi connectivity index (χ4v) is 17.3. The molecule has 8 rings (SSSR count). The van der Waals surface area contributed by atoms with E-state index in [0.717, 1.165) is 26.5 Å². The van der Waals surface area contributed by atoms with Gasteiger partial charge >= 0.3 is 0 Å². The van der Waals surface area contributed by atoms with Gasteiger partial charge in [0.1, 0.15) is 90.3 Å².